The summed E-state index contributed by atoms with van der Waals surface area (Å²) in [6.07, 6.45) is -0.715. The van der Waals surface area contributed by atoms with Gasteiger partial charge in [0.25, 0.3) is 0 Å². The molecule has 0 aromatic heterocycles. The van der Waals surface area contributed by atoms with Crippen LogP contribution in [0.5, 0.6) is 0 Å². The van der Waals surface area contributed by atoms with Crippen LogP contribution in [0.3, 0.4) is 0 Å². The number of carbonyl (C=O) groups is 3. The molecule has 33 heavy (non-hydrogen) atoms. The molecule has 0 heterocycles. The molecule has 0 saturated heterocycles. The fraction of sp³-hybridized carbons (Fsp3) is 0.640. The quantitative estimate of drug-likeness (QED) is 0.521. The van der Waals surface area contributed by atoms with E-state index in [4.69, 9.17) is 4.74 Å². The van der Waals surface area contributed by atoms with Gasteiger partial charge in [-0.05, 0) is 65.5 Å². The Hall–Kier alpha value is -2.61. The molecular weight excluding hydrogens is 422 g/mol. The first-order valence-corrected chi connectivity index (χ1v) is 11.5. The number of benzene rings is 1. The van der Waals surface area contributed by atoms with Crippen LogP contribution in [0.1, 0.15) is 71.2 Å². The predicted molar refractivity (Wildman–Crippen MR) is 129 cm³/mol. The van der Waals surface area contributed by atoms with Crippen LogP contribution >= 0.6 is 0 Å². The lowest BCUT2D eigenvalue weighted by molar-refractivity contribution is -0.144. The fourth-order valence-corrected chi connectivity index (χ4v) is 3.55. The molecule has 0 saturated carbocycles. The number of carbonyl (C=O) groups excluding carboxylic acids is 3. The Morgan fingerprint density at radius 1 is 1.06 bits per heavy atom. The molecular formula is C25H41N3O5. The fourth-order valence-electron chi connectivity index (χ4n) is 3.55. The SMILES string of the molecule is Cc1ccc(C(C(=O)NC(C)C)N(CCO)C(=O)C(NC(=O)OC(C)(C)C)C(C)C)c(C)c1. The van der Waals surface area contributed by atoms with E-state index in [1.54, 1.807) is 34.6 Å². The number of ether oxygens (including phenoxy) is 1. The number of nitrogens with zero attached hydrogens (tertiary/aromatic N) is 1. The van der Waals surface area contributed by atoms with E-state index in [2.05, 4.69) is 10.6 Å². The Labute approximate surface area is 198 Å². The van der Waals surface area contributed by atoms with E-state index in [0.29, 0.717) is 5.56 Å². The lowest BCUT2D eigenvalue weighted by Crippen LogP contribution is -2.55. The van der Waals surface area contributed by atoms with E-state index in [1.807, 2.05) is 45.9 Å². The molecule has 8 heteroatoms. The number of amides is 3. The number of aliphatic hydroxyl groups is 1. The van der Waals surface area contributed by atoms with Gasteiger partial charge in [0.1, 0.15) is 17.7 Å². The number of hydrogen-bond donors (Lipinski definition) is 3. The minimum atomic E-state index is -0.964. The lowest BCUT2D eigenvalue weighted by Gasteiger charge is -2.36. The van der Waals surface area contributed by atoms with Crippen LogP contribution in [0.25, 0.3) is 0 Å². The van der Waals surface area contributed by atoms with E-state index in [1.165, 1.54) is 4.90 Å². The molecule has 0 aliphatic heterocycles. The van der Waals surface area contributed by atoms with Gasteiger partial charge in [-0.1, -0.05) is 37.6 Å². The van der Waals surface area contributed by atoms with Crippen LogP contribution in [0.2, 0.25) is 0 Å². The monoisotopic (exact) mass is 463 g/mol. The van der Waals surface area contributed by atoms with E-state index >= 15 is 0 Å². The van der Waals surface area contributed by atoms with Gasteiger partial charge in [0.15, 0.2) is 0 Å². The summed E-state index contributed by atoms with van der Waals surface area (Å²) < 4.78 is 5.34. The molecule has 1 aromatic rings. The molecule has 0 radical (unpaired) electrons. The first kappa shape index (κ1) is 28.4. The maximum absolute atomic E-state index is 13.7. The zero-order valence-electron chi connectivity index (χ0n) is 21.5. The summed E-state index contributed by atoms with van der Waals surface area (Å²) in [6, 6.07) is 3.63. The van der Waals surface area contributed by atoms with Crippen LogP contribution in [0, 0.1) is 19.8 Å². The van der Waals surface area contributed by atoms with Crippen molar-refractivity contribution in [3.8, 4) is 0 Å². The molecule has 0 spiro atoms. The normalized spacial score (nSPS) is 13.5. The van der Waals surface area contributed by atoms with E-state index in [0.717, 1.165) is 11.1 Å². The molecule has 0 fully saturated rings. The number of hydrogen-bond acceptors (Lipinski definition) is 5. The van der Waals surface area contributed by atoms with E-state index in [9.17, 15) is 19.5 Å². The predicted octanol–water partition coefficient (Wildman–Crippen LogP) is 3.24. The Balaban J connectivity index is 3.46. The van der Waals surface area contributed by atoms with Crippen LogP contribution < -0.4 is 10.6 Å². The van der Waals surface area contributed by atoms with Crippen molar-refractivity contribution in [1.82, 2.24) is 15.5 Å². The van der Waals surface area contributed by atoms with Crippen molar-refractivity contribution in [3.63, 3.8) is 0 Å². The molecule has 3 N–H and O–H groups in total. The third-order valence-corrected chi connectivity index (χ3v) is 4.94. The van der Waals surface area contributed by atoms with Gasteiger partial charge in [-0.15, -0.1) is 0 Å². The second-order valence-corrected chi connectivity index (χ2v) is 10.0. The number of aryl methyl sites for hydroxylation is 2. The smallest absolute Gasteiger partial charge is 0.408 e. The van der Waals surface area contributed by atoms with Crippen molar-refractivity contribution in [3.05, 3.63) is 34.9 Å². The molecule has 186 valence electrons. The van der Waals surface area contributed by atoms with Crippen LogP contribution in [0.4, 0.5) is 4.79 Å². The first-order valence-electron chi connectivity index (χ1n) is 11.5. The third kappa shape index (κ3) is 8.68. The lowest BCUT2D eigenvalue weighted by atomic mass is 9.95. The number of rotatable bonds is 9. The van der Waals surface area contributed by atoms with E-state index in [-0.39, 0.29) is 31.0 Å². The van der Waals surface area contributed by atoms with Crippen molar-refractivity contribution >= 4 is 17.9 Å². The minimum Gasteiger partial charge on any atom is -0.444 e. The van der Waals surface area contributed by atoms with Crippen LogP contribution in [-0.2, 0) is 14.3 Å². The van der Waals surface area contributed by atoms with Gasteiger partial charge in [-0.2, -0.15) is 0 Å². The van der Waals surface area contributed by atoms with E-state index < -0.39 is 29.7 Å². The molecule has 8 nitrogen and oxygen atoms in total. The Kier molecular flexibility index (Phi) is 10.4. The summed E-state index contributed by atoms with van der Waals surface area (Å²) in [5.41, 5.74) is 1.83. The molecule has 2 atom stereocenters. The summed E-state index contributed by atoms with van der Waals surface area (Å²) in [6.45, 7) is 16.0. The number of aliphatic hydroxyl groups excluding tert-OH is 1. The van der Waals surface area contributed by atoms with Crippen molar-refractivity contribution in [2.75, 3.05) is 13.2 Å². The zero-order chi connectivity index (χ0) is 25.5. The van der Waals surface area contributed by atoms with Gasteiger partial charge in [-0.3, -0.25) is 9.59 Å². The third-order valence-electron chi connectivity index (χ3n) is 4.94. The highest BCUT2D eigenvalue weighted by Crippen LogP contribution is 2.27. The maximum atomic E-state index is 13.7. The highest BCUT2D eigenvalue weighted by atomic mass is 16.6. The van der Waals surface area contributed by atoms with Gasteiger partial charge in [0, 0.05) is 12.6 Å². The molecule has 0 aliphatic rings. The van der Waals surface area contributed by atoms with Crippen molar-refractivity contribution in [1.29, 1.82) is 0 Å². The van der Waals surface area contributed by atoms with Crippen molar-refractivity contribution in [2.24, 2.45) is 5.92 Å². The van der Waals surface area contributed by atoms with Crippen LogP contribution in [0.15, 0.2) is 18.2 Å². The average Bonchev–Trinajstić information content (AvgIpc) is 2.64. The molecule has 1 rings (SSSR count). The summed E-state index contributed by atoms with van der Waals surface area (Å²) >= 11 is 0. The molecule has 0 bridgehead atoms. The summed E-state index contributed by atoms with van der Waals surface area (Å²) in [5, 5.41) is 15.3. The molecule has 1 aromatic carbocycles. The molecule has 2 unspecified atom stereocenters. The summed E-state index contributed by atoms with van der Waals surface area (Å²) in [7, 11) is 0. The number of nitrogens with one attached hydrogen (secondary N) is 2. The highest BCUT2D eigenvalue weighted by molar-refractivity contribution is 5.92. The average molecular weight is 464 g/mol. The topological polar surface area (TPSA) is 108 Å². The highest BCUT2D eigenvalue weighted by Gasteiger charge is 2.38. The first-order chi connectivity index (χ1) is 15.2. The minimum absolute atomic E-state index is 0.0679. The van der Waals surface area contributed by atoms with Crippen molar-refractivity contribution in [2.45, 2.75) is 86.0 Å². The molecule has 3 amide bonds. The second-order valence-electron chi connectivity index (χ2n) is 10.0. The van der Waals surface area contributed by atoms with Gasteiger partial charge < -0.3 is 25.4 Å². The zero-order valence-corrected chi connectivity index (χ0v) is 21.5. The molecule has 0 aliphatic carbocycles. The number of alkyl carbamates (subject to hydrolysis) is 1. The standard InChI is InChI=1S/C25H41N3O5/c1-15(2)20(27-24(32)33-25(7,8)9)23(31)28(12-13-29)21(22(30)26-16(3)4)19-11-10-17(5)14-18(19)6/h10-11,14-16,20-21,29H,12-13H2,1-9H3,(H,26,30)(H,27,32). The van der Waals surface area contributed by atoms with Gasteiger partial charge in [-0.25, -0.2) is 4.79 Å². The maximum Gasteiger partial charge on any atom is 0.408 e. The van der Waals surface area contributed by atoms with Crippen molar-refractivity contribution < 1.29 is 24.2 Å². The summed E-state index contributed by atoms with van der Waals surface area (Å²) in [4.78, 5) is 40.8. The van der Waals surface area contributed by atoms with Gasteiger partial charge in [0.05, 0.1) is 6.61 Å². The second kappa shape index (κ2) is 12.0. The Morgan fingerprint density at radius 3 is 2.12 bits per heavy atom. The Bertz CT molecular complexity index is 830. The largest absolute Gasteiger partial charge is 0.444 e. The summed E-state index contributed by atoms with van der Waals surface area (Å²) in [5.74, 6) is -1.09. The Morgan fingerprint density at radius 2 is 1.67 bits per heavy atom. The van der Waals surface area contributed by atoms with Gasteiger partial charge >= 0.3 is 6.09 Å². The van der Waals surface area contributed by atoms with Gasteiger partial charge in [0.2, 0.25) is 11.8 Å². The van der Waals surface area contributed by atoms with Crippen LogP contribution in [-0.4, -0.2) is 58.8 Å².